The molecule has 1 fully saturated rings. The number of ether oxygens (including phenoxy) is 2. The van der Waals surface area contributed by atoms with Crippen LogP contribution in [0, 0.1) is 5.92 Å². The monoisotopic (exact) mass is 382 g/mol. The third kappa shape index (κ3) is 5.49. The Hall–Kier alpha value is -2.53. The Kier molecular flexibility index (Phi) is 6.93. The molecule has 1 heterocycles. The van der Waals surface area contributed by atoms with Gasteiger partial charge in [-0.25, -0.2) is 0 Å². The van der Waals surface area contributed by atoms with Crippen LogP contribution in [0.5, 0.6) is 11.5 Å². The van der Waals surface area contributed by atoms with E-state index in [2.05, 4.69) is 36.2 Å². The minimum atomic E-state index is -0.166. The van der Waals surface area contributed by atoms with Gasteiger partial charge in [-0.15, -0.1) is 0 Å². The van der Waals surface area contributed by atoms with Crippen LogP contribution in [0.15, 0.2) is 42.5 Å². The second kappa shape index (κ2) is 9.60. The average Bonchev–Trinajstić information content (AvgIpc) is 3.20. The zero-order valence-corrected chi connectivity index (χ0v) is 17.0. The van der Waals surface area contributed by atoms with E-state index in [1.54, 1.807) is 25.3 Å². The summed E-state index contributed by atoms with van der Waals surface area (Å²) in [6.07, 6.45) is 2.58. The van der Waals surface area contributed by atoms with E-state index < -0.39 is 0 Å². The fourth-order valence-electron chi connectivity index (χ4n) is 3.28. The van der Waals surface area contributed by atoms with E-state index >= 15 is 0 Å². The Labute approximate surface area is 167 Å². The standard InChI is InChI=1S/C23H30N2O3/c1-17(2)16-28-21-11-8-19(14-22(21)27-3)23(26)24-20-9-6-18(7-10-20)15-25-12-4-5-13-25/h6-11,14,17H,4-5,12-13,15-16H2,1-3H3,(H,24,26). The minimum Gasteiger partial charge on any atom is -0.493 e. The molecular formula is C23H30N2O3. The zero-order valence-electron chi connectivity index (χ0n) is 17.0. The summed E-state index contributed by atoms with van der Waals surface area (Å²) < 4.78 is 11.1. The average molecular weight is 383 g/mol. The van der Waals surface area contributed by atoms with Gasteiger partial charge in [0.15, 0.2) is 11.5 Å². The third-order valence-corrected chi connectivity index (χ3v) is 4.81. The normalized spacial score (nSPS) is 14.3. The first-order valence-corrected chi connectivity index (χ1v) is 9.98. The number of hydrogen-bond acceptors (Lipinski definition) is 4. The number of nitrogens with zero attached hydrogens (tertiary/aromatic N) is 1. The highest BCUT2D eigenvalue weighted by Crippen LogP contribution is 2.29. The number of rotatable bonds is 8. The lowest BCUT2D eigenvalue weighted by Gasteiger charge is -2.15. The molecule has 1 N–H and O–H groups in total. The van der Waals surface area contributed by atoms with Crippen molar-refractivity contribution in [1.29, 1.82) is 0 Å². The van der Waals surface area contributed by atoms with Gasteiger partial charge < -0.3 is 14.8 Å². The molecule has 1 aliphatic heterocycles. The Morgan fingerprint density at radius 2 is 1.79 bits per heavy atom. The van der Waals surface area contributed by atoms with E-state index in [1.807, 2.05) is 12.1 Å². The minimum absolute atomic E-state index is 0.166. The Morgan fingerprint density at radius 3 is 2.43 bits per heavy atom. The molecule has 0 aromatic heterocycles. The zero-order chi connectivity index (χ0) is 19.9. The largest absolute Gasteiger partial charge is 0.493 e. The van der Waals surface area contributed by atoms with Gasteiger partial charge in [0.1, 0.15) is 0 Å². The summed E-state index contributed by atoms with van der Waals surface area (Å²) >= 11 is 0. The molecular weight excluding hydrogens is 352 g/mol. The second-order valence-corrected chi connectivity index (χ2v) is 7.70. The van der Waals surface area contributed by atoms with Crippen LogP contribution in [0.1, 0.15) is 42.6 Å². The van der Waals surface area contributed by atoms with Crippen molar-refractivity contribution in [3.63, 3.8) is 0 Å². The molecule has 0 spiro atoms. The van der Waals surface area contributed by atoms with E-state index in [-0.39, 0.29) is 5.91 Å². The number of likely N-dealkylation sites (tertiary alicyclic amines) is 1. The van der Waals surface area contributed by atoms with Crippen molar-refractivity contribution >= 4 is 11.6 Å². The number of benzene rings is 2. The van der Waals surface area contributed by atoms with Crippen LogP contribution in [0.25, 0.3) is 0 Å². The van der Waals surface area contributed by atoms with Gasteiger partial charge in [0, 0.05) is 17.8 Å². The molecule has 5 heteroatoms. The molecule has 1 amide bonds. The summed E-state index contributed by atoms with van der Waals surface area (Å²) in [5.74, 6) is 1.47. The molecule has 0 unspecified atom stereocenters. The lowest BCUT2D eigenvalue weighted by Crippen LogP contribution is -2.18. The van der Waals surface area contributed by atoms with E-state index in [0.717, 1.165) is 12.2 Å². The molecule has 0 atom stereocenters. The Morgan fingerprint density at radius 1 is 1.07 bits per heavy atom. The summed E-state index contributed by atoms with van der Waals surface area (Å²) in [4.78, 5) is 15.1. The van der Waals surface area contributed by atoms with E-state index in [0.29, 0.717) is 29.6 Å². The maximum absolute atomic E-state index is 12.6. The predicted molar refractivity (Wildman–Crippen MR) is 112 cm³/mol. The lowest BCUT2D eigenvalue weighted by molar-refractivity contribution is 0.102. The maximum atomic E-state index is 12.6. The Bertz CT molecular complexity index is 781. The number of methoxy groups -OCH3 is 1. The summed E-state index contributed by atoms with van der Waals surface area (Å²) in [5, 5.41) is 2.95. The first-order valence-electron chi connectivity index (χ1n) is 9.98. The fraction of sp³-hybridized carbons (Fsp3) is 0.435. The molecule has 5 nitrogen and oxygen atoms in total. The summed E-state index contributed by atoms with van der Waals surface area (Å²) in [6, 6.07) is 13.3. The summed E-state index contributed by atoms with van der Waals surface area (Å²) in [6.45, 7) is 8.11. The van der Waals surface area contributed by atoms with Crippen LogP contribution in [-0.2, 0) is 6.54 Å². The molecule has 0 saturated carbocycles. The maximum Gasteiger partial charge on any atom is 0.255 e. The smallest absolute Gasteiger partial charge is 0.255 e. The van der Waals surface area contributed by atoms with Crippen LogP contribution >= 0.6 is 0 Å². The molecule has 0 radical (unpaired) electrons. The summed E-state index contributed by atoms with van der Waals surface area (Å²) in [5.41, 5.74) is 2.59. The fourth-order valence-corrected chi connectivity index (χ4v) is 3.28. The van der Waals surface area contributed by atoms with Gasteiger partial charge in [-0.2, -0.15) is 0 Å². The highest BCUT2D eigenvalue weighted by Gasteiger charge is 2.13. The Balaban J connectivity index is 1.61. The molecule has 1 aliphatic rings. The van der Waals surface area contributed by atoms with Crippen LogP contribution in [0.3, 0.4) is 0 Å². The summed E-state index contributed by atoms with van der Waals surface area (Å²) in [7, 11) is 1.58. The molecule has 1 saturated heterocycles. The number of hydrogen-bond donors (Lipinski definition) is 1. The van der Waals surface area contributed by atoms with Gasteiger partial charge in [0.05, 0.1) is 13.7 Å². The van der Waals surface area contributed by atoms with E-state index in [4.69, 9.17) is 9.47 Å². The van der Waals surface area contributed by atoms with E-state index in [9.17, 15) is 4.79 Å². The molecule has 28 heavy (non-hydrogen) atoms. The number of anilines is 1. The van der Waals surface area contributed by atoms with Crippen molar-refractivity contribution in [2.45, 2.75) is 33.2 Å². The van der Waals surface area contributed by atoms with Gasteiger partial charge in [-0.1, -0.05) is 26.0 Å². The van der Waals surface area contributed by atoms with Gasteiger partial charge in [-0.05, 0) is 67.7 Å². The second-order valence-electron chi connectivity index (χ2n) is 7.70. The van der Waals surface area contributed by atoms with Gasteiger partial charge in [0.2, 0.25) is 0 Å². The van der Waals surface area contributed by atoms with Crippen LogP contribution < -0.4 is 14.8 Å². The van der Waals surface area contributed by atoms with Crippen LogP contribution in [-0.4, -0.2) is 37.6 Å². The number of carbonyl (C=O) groups is 1. The number of nitrogens with one attached hydrogen (secondary N) is 1. The highest BCUT2D eigenvalue weighted by atomic mass is 16.5. The molecule has 0 bridgehead atoms. The van der Waals surface area contributed by atoms with Crippen molar-refractivity contribution in [1.82, 2.24) is 4.90 Å². The molecule has 2 aromatic rings. The van der Waals surface area contributed by atoms with Crippen molar-refractivity contribution in [2.75, 3.05) is 32.1 Å². The van der Waals surface area contributed by atoms with Gasteiger partial charge in [-0.3, -0.25) is 9.69 Å². The first-order chi connectivity index (χ1) is 13.5. The molecule has 3 rings (SSSR count). The lowest BCUT2D eigenvalue weighted by atomic mass is 10.1. The SMILES string of the molecule is COc1cc(C(=O)Nc2ccc(CN3CCCC3)cc2)ccc1OCC(C)C. The highest BCUT2D eigenvalue weighted by molar-refractivity contribution is 6.04. The van der Waals surface area contributed by atoms with Crippen LogP contribution in [0.2, 0.25) is 0 Å². The van der Waals surface area contributed by atoms with Crippen molar-refractivity contribution in [3.05, 3.63) is 53.6 Å². The molecule has 0 aliphatic carbocycles. The van der Waals surface area contributed by atoms with Crippen molar-refractivity contribution < 1.29 is 14.3 Å². The number of carbonyl (C=O) groups excluding carboxylic acids is 1. The number of amides is 1. The first kappa shape index (κ1) is 20.2. The van der Waals surface area contributed by atoms with Gasteiger partial charge in [0.25, 0.3) is 5.91 Å². The third-order valence-electron chi connectivity index (χ3n) is 4.81. The van der Waals surface area contributed by atoms with Gasteiger partial charge >= 0.3 is 0 Å². The molecule has 150 valence electrons. The molecule has 2 aromatic carbocycles. The van der Waals surface area contributed by atoms with Crippen molar-refractivity contribution in [3.8, 4) is 11.5 Å². The van der Waals surface area contributed by atoms with E-state index in [1.165, 1.54) is 31.5 Å². The van der Waals surface area contributed by atoms with Crippen LogP contribution in [0.4, 0.5) is 5.69 Å². The topological polar surface area (TPSA) is 50.8 Å². The predicted octanol–water partition coefficient (Wildman–Crippen LogP) is 4.58. The quantitative estimate of drug-likeness (QED) is 0.726. The van der Waals surface area contributed by atoms with Crippen molar-refractivity contribution in [2.24, 2.45) is 5.92 Å².